The van der Waals surface area contributed by atoms with Crippen LogP contribution in [-0.2, 0) is 0 Å². The monoisotopic (exact) mass is 183 g/mol. The third kappa shape index (κ3) is 1.94. The topological polar surface area (TPSA) is 12.9 Å². The van der Waals surface area contributed by atoms with E-state index in [0.29, 0.717) is 0 Å². The zero-order valence-electron chi connectivity index (χ0n) is 6.19. The van der Waals surface area contributed by atoms with Crippen molar-refractivity contribution < 1.29 is 0 Å². The van der Waals surface area contributed by atoms with Crippen LogP contribution in [0, 0.1) is 0 Å². The number of hydrogen-bond acceptors (Lipinski definition) is 3. The fraction of sp³-hybridized carbons (Fsp3) is 0.125. The standard InChI is InChI=1S/C7H5NS.CH4S/c1-2-7-6(8-4-1)3-5-9-7;1-2/h1-5H;2H,1H3. The predicted molar refractivity (Wildman–Crippen MR) is 54.5 cm³/mol. The first-order chi connectivity index (χ1) is 5.47. The highest BCUT2D eigenvalue weighted by molar-refractivity contribution is 7.79. The van der Waals surface area contributed by atoms with Gasteiger partial charge < -0.3 is 0 Å². The number of aromatic nitrogens is 1. The van der Waals surface area contributed by atoms with Crippen molar-refractivity contribution in [3.8, 4) is 0 Å². The molecule has 0 spiro atoms. The van der Waals surface area contributed by atoms with Crippen LogP contribution in [0.25, 0.3) is 10.2 Å². The number of rotatable bonds is 0. The molecular formula is C8H9NS2. The molecule has 0 fully saturated rings. The molecule has 0 atom stereocenters. The van der Waals surface area contributed by atoms with E-state index in [-0.39, 0.29) is 0 Å². The lowest BCUT2D eigenvalue weighted by Crippen LogP contribution is -1.65. The number of fused-ring (bicyclic) bond motifs is 1. The van der Waals surface area contributed by atoms with Gasteiger partial charge in [-0.2, -0.15) is 12.6 Å². The number of hydrogen-bond donors (Lipinski definition) is 1. The van der Waals surface area contributed by atoms with Crippen LogP contribution in [0.4, 0.5) is 0 Å². The van der Waals surface area contributed by atoms with Gasteiger partial charge in [0.15, 0.2) is 0 Å². The van der Waals surface area contributed by atoms with E-state index in [1.54, 1.807) is 17.6 Å². The highest BCUT2D eigenvalue weighted by atomic mass is 32.1. The maximum Gasteiger partial charge on any atom is 0.0809 e. The average molecular weight is 183 g/mol. The summed E-state index contributed by atoms with van der Waals surface area (Å²) in [5.74, 6) is 0. The summed E-state index contributed by atoms with van der Waals surface area (Å²) < 4.78 is 1.26. The zero-order valence-corrected chi connectivity index (χ0v) is 7.90. The molecule has 58 valence electrons. The lowest BCUT2D eigenvalue weighted by atomic mass is 10.4. The van der Waals surface area contributed by atoms with Gasteiger partial charge in [0.2, 0.25) is 0 Å². The molecule has 0 aromatic carbocycles. The minimum Gasteiger partial charge on any atom is -0.255 e. The smallest absolute Gasteiger partial charge is 0.0809 e. The summed E-state index contributed by atoms with van der Waals surface area (Å²) in [6.45, 7) is 0. The summed E-state index contributed by atoms with van der Waals surface area (Å²) in [5.41, 5.74) is 1.10. The van der Waals surface area contributed by atoms with Crippen LogP contribution in [0.15, 0.2) is 29.8 Å². The van der Waals surface area contributed by atoms with Gasteiger partial charge >= 0.3 is 0 Å². The maximum absolute atomic E-state index is 4.15. The number of thiophene rings is 1. The average Bonchev–Trinajstić information content (AvgIpc) is 2.55. The normalized spacial score (nSPS) is 8.91. The minimum atomic E-state index is 1.10. The Balaban J connectivity index is 0.000000281. The summed E-state index contributed by atoms with van der Waals surface area (Å²) in [7, 11) is 0. The fourth-order valence-electron chi connectivity index (χ4n) is 0.799. The van der Waals surface area contributed by atoms with E-state index in [0.717, 1.165) is 5.52 Å². The van der Waals surface area contributed by atoms with Crippen molar-refractivity contribution in [3.05, 3.63) is 29.8 Å². The molecular weight excluding hydrogens is 174 g/mol. The van der Waals surface area contributed by atoms with Gasteiger partial charge in [-0.05, 0) is 29.8 Å². The first kappa shape index (κ1) is 8.56. The highest BCUT2D eigenvalue weighted by Gasteiger charge is 1.89. The Kier molecular flexibility index (Phi) is 3.39. The minimum absolute atomic E-state index is 1.10. The molecule has 2 aromatic rings. The molecule has 0 N–H and O–H groups in total. The van der Waals surface area contributed by atoms with Crippen molar-refractivity contribution in [1.29, 1.82) is 0 Å². The summed E-state index contributed by atoms with van der Waals surface area (Å²) in [6, 6.07) is 6.06. The third-order valence-corrected chi connectivity index (χ3v) is 2.09. The van der Waals surface area contributed by atoms with Crippen molar-refractivity contribution >= 4 is 34.2 Å². The lowest BCUT2D eigenvalue weighted by molar-refractivity contribution is 1.43. The van der Waals surface area contributed by atoms with Crippen LogP contribution in [-0.4, -0.2) is 11.2 Å². The SMILES string of the molecule is CS.c1cnc2ccsc2c1. The van der Waals surface area contributed by atoms with Gasteiger partial charge in [0.05, 0.1) is 10.2 Å². The summed E-state index contributed by atoms with van der Waals surface area (Å²) in [4.78, 5) is 4.15. The third-order valence-electron chi connectivity index (χ3n) is 1.22. The number of thiol groups is 1. The van der Waals surface area contributed by atoms with Crippen molar-refractivity contribution in [3.63, 3.8) is 0 Å². The molecule has 0 aliphatic rings. The van der Waals surface area contributed by atoms with Crippen LogP contribution >= 0.6 is 24.0 Å². The molecule has 1 nitrogen and oxygen atoms in total. The van der Waals surface area contributed by atoms with Crippen molar-refractivity contribution in [2.24, 2.45) is 0 Å². The van der Waals surface area contributed by atoms with Crippen LogP contribution in [0.2, 0.25) is 0 Å². The predicted octanol–water partition coefficient (Wildman–Crippen LogP) is 2.84. The van der Waals surface area contributed by atoms with Gasteiger partial charge in [0.25, 0.3) is 0 Å². The molecule has 0 aliphatic heterocycles. The van der Waals surface area contributed by atoms with Crippen LogP contribution < -0.4 is 0 Å². The molecule has 2 rings (SSSR count). The Bertz CT molecular complexity index is 286. The van der Waals surface area contributed by atoms with Gasteiger partial charge in [-0.1, -0.05) is 0 Å². The van der Waals surface area contributed by atoms with E-state index in [1.807, 2.05) is 18.3 Å². The zero-order chi connectivity index (χ0) is 8.10. The Hall–Kier alpha value is -0.540. The molecule has 2 aromatic heterocycles. The van der Waals surface area contributed by atoms with Gasteiger partial charge in [-0.3, -0.25) is 4.98 Å². The molecule has 11 heavy (non-hydrogen) atoms. The highest BCUT2D eigenvalue weighted by Crippen LogP contribution is 2.16. The molecule has 2 heterocycles. The first-order valence-electron chi connectivity index (χ1n) is 3.20. The van der Waals surface area contributed by atoms with Crippen molar-refractivity contribution in [1.82, 2.24) is 4.98 Å². The number of nitrogens with zero attached hydrogens (tertiary/aromatic N) is 1. The van der Waals surface area contributed by atoms with Gasteiger partial charge in [0.1, 0.15) is 0 Å². The molecule has 0 radical (unpaired) electrons. The molecule has 0 saturated carbocycles. The molecule has 0 bridgehead atoms. The maximum atomic E-state index is 4.15. The Morgan fingerprint density at radius 3 is 2.91 bits per heavy atom. The Morgan fingerprint density at radius 1 is 1.36 bits per heavy atom. The second-order valence-corrected chi connectivity index (χ2v) is 2.76. The first-order valence-corrected chi connectivity index (χ1v) is 4.97. The molecule has 0 aliphatic carbocycles. The van der Waals surface area contributed by atoms with E-state index in [4.69, 9.17) is 0 Å². The van der Waals surface area contributed by atoms with E-state index >= 15 is 0 Å². The second-order valence-electron chi connectivity index (χ2n) is 1.81. The van der Waals surface area contributed by atoms with Gasteiger partial charge in [0, 0.05) is 6.20 Å². The molecule has 0 unspecified atom stereocenters. The van der Waals surface area contributed by atoms with Crippen LogP contribution in [0.3, 0.4) is 0 Å². The molecule has 0 saturated heterocycles. The lowest BCUT2D eigenvalue weighted by Gasteiger charge is -1.81. The van der Waals surface area contributed by atoms with E-state index in [1.165, 1.54) is 4.70 Å². The van der Waals surface area contributed by atoms with Gasteiger partial charge in [-0.15, -0.1) is 11.3 Å². The second kappa shape index (κ2) is 4.36. The summed E-state index contributed by atoms with van der Waals surface area (Å²) >= 11 is 5.25. The summed E-state index contributed by atoms with van der Waals surface area (Å²) in [6.07, 6.45) is 3.51. The largest absolute Gasteiger partial charge is 0.255 e. The van der Waals surface area contributed by atoms with Crippen LogP contribution in [0.5, 0.6) is 0 Å². The van der Waals surface area contributed by atoms with E-state index in [2.05, 4.69) is 29.1 Å². The Labute approximate surface area is 75.5 Å². The van der Waals surface area contributed by atoms with Gasteiger partial charge in [-0.25, -0.2) is 0 Å². The number of pyridine rings is 1. The van der Waals surface area contributed by atoms with E-state index < -0.39 is 0 Å². The fourth-order valence-corrected chi connectivity index (χ4v) is 1.54. The quantitative estimate of drug-likeness (QED) is 0.620. The molecule has 0 amide bonds. The van der Waals surface area contributed by atoms with Crippen molar-refractivity contribution in [2.45, 2.75) is 0 Å². The molecule has 3 heteroatoms. The van der Waals surface area contributed by atoms with E-state index in [9.17, 15) is 0 Å². The van der Waals surface area contributed by atoms with Crippen LogP contribution in [0.1, 0.15) is 0 Å². The van der Waals surface area contributed by atoms with Crippen molar-refractivity contribution in [2.75, 3.05) is 6.26 Å². The summed E-state index contributed by atoms with van der Waals surface area (Å²) in [5, 5.41) is 2.05. The Morgan fingerprint density at radius 2 is 2.18 bits per heavy atom.